The van der Waals surface area contributed by atoms with Gasteiger partial charge in [0.1, 0.15) is 11.0 Å². The third kappa shape index (κ3) is 4.48. The van der Waals surface area contributed by atoms with E-state index in [0.717, 1.165) is 18.8 Å². The summed E-state index contributed by atoms with van der Waals surface area (Å²) in [5, 5.41) is 3.23. The van der Waals surface area contributed by atoms with Crippen molar-refractivity contribution in [2.45, 2.75) is 11.4 Å². The van der Waals surface area contributed by atoms with Gasteiger partial charge in [0, 0.05) is 43.8 Å². The average Bonchev–Trinajstić information content (AvgIpc) is 2.39. The van der Waals surface area contributed by atoms with Crippen LogP contribution >= 0.6 is 11.6 Å². The summed E-state index contributed by atoms with van der Waals surface area (Å²) in [6.07, 6.45) is -4.62. The summed E-state index contributed by atoms with van der Waals surface area (Å²) < 4.78 is 38.1. The molecule has 1 saturated heterocycles. The van der Waals surface area contributed by atoms with E-state index in [2.05, 4.69) is 15.3 Å². The molecule has 1 aliphatic rings. The van der Waals surface area contributed by atoms with E-state index < -0.39 is 12.0 Å². The summed E-state index contributed by atoms with van der Waals surface area (Å²) in [5.41, 5.74) is 0. The zero-order valence-corrected chi connectivity index (χ0v) is 13.5. The number of aromatic nitrogens is 2. The van der Waals surface area contributed by atoms with Gasteiger partial charge in [-0.05, 0) is 0 Å². The molecule has 0 saturated carbocycles. The van der Waals surface area contributed by atoms with Gasteiger partial charge in [0.15, 0.2) is 0 Å². The molecule has 21 heavy (non-hydrogen) atoms. The smallest absolute Gasteiger partial charge is 0.358 e. The van der Waals surface area contributed by atoms with Crippen LogP contribution in [0.5, 0.6) is 0 Å². The molecule has 0 aromatic carbocycles. The first-order valence-electron chi connectivity index (χ1n) is 6.18. The van der Waals surface area contributed by atoms with Crippen LogP contribution in [0.3, 0.4) is 0 Å². The molecule has 1 aromatic heterocycles. The van der Waals surface area contributed by atoms with Gasteiger partial charge in [0.2, 0.25) is 5.82 Å². The highest BCUT2D eigenvalue weighted by molar-refractivity contribution is 8.29. The SMILES string of the molecule is CN(CC1CNCCS1=S)c1cc(Cl)nc(C(F)(F)F)n1. The fraction of sp³-hybridized carbons (Fsp3) is 0.636. The molecular weight excluding hydrogens is 345 g/mol. The van der Waals surface area contributed by atoms with Crippen molar-refractivity contribution in [2.24, 2.45) is 0 Å². The van der Waals surface area contributed by atoms with Gasteiger partial charge in [-0.1, -0.05) is 22.8 Å². The lowest BCUT2D eigenvalue weighted by Gasteiger charge is -2.29. The summed E-state index contributed by atoms with van der Waals surface area (Å²) in [4.78, 5) is 8.42. The third-order valence-electron chi connectivity index (χ3n) is 3.03. The highest BCUT2D eigenvalue weighted by atomic mass is 35.5. The summed E-state index contributed by atoms with van der Waals surface area (Å²) >= 11 is 11.1. The van der Waals surface area contributed by atoms with Gasteiger partial charge in [-0.2, -0.15) is 13.2 Å². The maximum absolute atomic E-state index is 12.7. The van der Waals surface area contributed by atoms with Crippen molar-refractivity contribution in [1.82, 2.24) is 15.3 Å². The van der Waals surface area contributed by atoms with E-state index in [1.165, 1.54) is 6.07 Å². The van der Waals surface area contributed by atoms with Crippen molar-refractivity contribution in [2.75, 3.05) is 37.3 Å². The summed E-state index contributed by atoms with van der Waals surface area (Å²) in [6.45, 7) is 2.19. The lowest BCUT2D eigenvalue weighted by atomic mass is 10.3. The fourth-order valence-electron chi connectivity index (χ4n) is 1.97. The Hall–Kier alpha value is -0.510. The van der Waals surface area contributed by atoms with E-state index >= 15 is 0 Å². The molecule has 1 fully saturated rings. The zero-order valence-electron chi connectivity index (χ0n) is 11.2. The monoisotopic (exact) mass is 358 g/mol. The molecule has 0 aliphatic carbocycles. The molecule has 4 nitrogen and oxygen atoms in total. The molecule has 10 heteroatoms. The lowest BCUT2D eigenvalue weighted by Crippen LogP contribution is -2.46. The van der Waals surface area contributed by atoms with E-state index in [0.29, 0.717) is 6.54 Å². The fourth-order valence-corrected chi connectivity index (χ4v) is 4.16. The van der Waals surface area contributed by atoms with Crippen molar-refractivity contribution in [3.8, 4) is 0 Å². The molecule has 1 aliphatic heterocycles. The van der Waals surface area contributed by atoms with Crippen LogP contribution in [0, 0.1) is 0 Å². The molecule has 0 amide bonds. The van der Waals surface area contributed by atoms with Gasteiger partial charge < -0.3 is 10.2 Å². The van der Waals surface area contributed by atoms with Gasteiger partial charge >= 0.3 is 6.18 Å². The molecule has 2 atom stereocenters. The van der Waals surface area contributed by atoms with Crippen LogP contribution in [-0.2, 0) is 26.8 Å². The minimum Gasteiger partial charge on any atom is -0.358 e. The largest absolute Gasteiger partial charge is 0.451 e. The van der Waals surface area contributed by atoms with E-state index in [1.54, 1.807) is 11.9 Å². The predicted octanol–water partition coefficient (Wildman–Crippen LogP) is 1.64. The van der Waals surface area contributed by atoms with E-state index in [-0.39, 0.29) is 25.7 Å². The second kappa shape index (κ2) is 6.72. The van der Waals surface area contributed by atoms with Crippen molar-refractivity contribution >= 4 is 38.1 Å². The Labute approximate surface area is 132 Å². The van der Waals surface area contributed by atoms with Crippen LogP contribution in [0.15, 0.2) is 6.07 Å². The first kappa shape index (κ1) is 16.9. The second-order valence-corrected chi connectivity index (χ2v) is 8.17. The molecule has 2 rings (SSSR count). The molecule has 0 spiro atoms. The zero-order chi connectivity index (χ0) is 15.6. The summed E-state index contributed by atoms with van der Waals surface area (Å²) in [5.74, 6) is -0.164. The number of halogens is 4. The minimum absolute atomic E-state index is 0.153. The number of hydrogen-bond acceptors (Lipinski definition) is 5. The molecule has 2 unspecified atom stereocenters. The quantitative estimate of drug-likeness (QED) is 0.832. The number of anilines is 1. The first-order valence-corrected chi connectivity index (χ1v) is 8.94. The topological polar surface area (TPSA) is 41.0 Å². The number of rotatable bonds is 3. The van der Waals surface area contributed by atoms with Crippen LogP contribution in [0.2, 0.25) is 5.15 Å². The number of hydrogen-bond donors (Lipinski definition) is 1. The van der Waals surface area contributed by atoms with Crippen LogP contribution in [0.1, 0.15) is 5.82 Å². The Morgan fingerprint density at radius 2 is 2.24 bits per heavy atom. The van der Waals surface area contributed by atoms with Gasteiger partial charge in [-0.25, -0.2) is 9.97 Å². The van der Waals surface area contributed by atoms with Crippen LogP contribution in [-0.4, -0.2) is 47.7 Å². The molecule has 2 heterocycles. The molecule has 1 aromatic rings. The molecule has 0 radical (unpaired) electrons. The van der Waals surface area contributed by atoms with E-state index in [9.17, 15) is 13.2 Å². The summed E-state index contributed by atoms with van der Waals surface area (Å²) in [6, 6.07) is 1.33. The van der Waals surface area contributed by atoms with Crippen molar-refractivity contribution in [1.29, 1.82) is 0 Å². The Balaban J connectivity index is 2.17. The maximum Gasteiger partial charge on any atom is 0.451 e. The van der Waals surface area contributed by atoms with Gasteiger partial charge in [-0.15, -0.1) is 9.45 Å². The molecular formula is C11H14ClF3N4S2. The molecule has 1 N–H and O–H groups in total. The Morgan fingerprint density at radius 3 is 2.86 bits per heavy atom. The van der Waals surface area contributed by atoms with Crippen LogP contribution in [0.4, 0.5) is 19.0 Å². The van der Waals surface area contributed by atoms with Crippen LogP contribution in [0.25, 0.3) is 0 Å². The van der Waals surface area contributed by atoms with E-state index in [1.807, 2.05) is 0 Å². The highest BCUT2D eigenvalue weighted by Crippen LogP contribution is 2.29. The second-order valence-electron chi connectivity index (χ2n) is 4.66. The van der Waals surface area contributed by atoms with Gasteiger partial charge in [0.25, 0.3) is 0 Å². The molecule has 118 valence electrons. The number of alkyl halides is 3. The Morgan fingerprint density at radius 1 is 1.52 bits per heavy atom. The van der Waals surface area contributed by atoms with E-state index in [4.69, 9.17) is 22.8 Å². The predicted molar refractivity (Wildman–Crippen MR) is 81.6 cm³/mol. The number of nitrogens with one attached hydrogen (secondary N) is 1. The van der Waals surface area contributed by atoms with Crippen molar-refractivity contribution < 1.29 is 13.2 Å². The minimum atomic E-state index is -4.62. The van der Waals surface area contributed by atoms with Crippen molar-refractivity contribution in [3.63, 3.8) is 0 Å². The Kier molecular flexibility index (Phi) is 5.39. The molecule has 0 bridgehead atoms. The highest BCUT2D eigenvalue weighted by Gasteiger charge is 2.35. The normalized spacial score (nSPS) is 23.1. The van der Waals surface area contributed by atoms with Gasteiger partial charge in [0.05, 0.1) is 0 Å². The Bertz CT molecular complexity index is 541. The standard InChI is InChI=1S/C11H14ClF3N4S2/c1-19(6-7-5-16-2-3-21(7)20)9-4-8(12)17-10(18-9)11(13,14)15/h4,7,16H,2-3,5-6H2,1H3. The maximum atomic E-state index is 12.7. The lowest BCUT2D eigenvalue weighted by molar-refractivity contribution is -0.144. The summed E-state index contributed by atoms with van der Waals surface area (Å²) in [7, 11) is 1.51. The number of nitrogens with zero attached hydrogens (tertiary/aromatic N) is 3. The van der Waals surface area contributed by atoms with Crippen molar-refractivity contribution in [3.05, 3.63) is 17.0 Å². The van der Waals surface area contributed by atoms with Gasteiger partial charge in [-0.3, -0.25) is 0 Å². The third-order valence-corrected chi connectivity index (χ3v) is 6.20. The van der Waals surface area contributed by atoms with Crippen LogP contribution < -0.4 is 10.2 Å². The first-order chi connectivity index (χ1) is 9.77. The average molecular weight is 359 g/mol.